The average molecular weight is 1590 g/mol. The van der Waals surface area contributed by atoms with Gasteiger partial charge in [0.05, 0.1) is 65.9 Å². The van der Waals surface area contributed by atoms with E-state index in [9.17, 15) is 0 Å². The van der Waals surface area contributed by atoms with Gasteiger partial charge in [-0.1, -0.05) is 179 Å². The molecule has 1 atom stereocenters. The molecule has 122 heavy (non-hydrogen) atoms. The third-order valence-electron chi connectivity index (χ3n) is 23.9. The monoisotopic (exact) mass is 1590 g/mol. The fourth-order valence-electron chi connectivity index (χ4n) is 18.2. The van der Waals surface area contributed by atoms with Crippen LogP contribution in [0, 0.1) is 50.9 Å². The molecule has 1 aliphatic carbocycles. The van der Waals surface area contributed by atoms with Crippen LogP contribution in [-0.2, 0) is 0 Å². The third kappa shape index (κ3) is 16.1. The van der Waals surface area contributed by atoms with E-state index in [0.717, 1.165) is 239 Å². The van der Waals surface area contributed by atoms with Crippen LogP contribution in [0.1, 0.15) is 177 Å². The number of benzene rings is 7. The maximum Gasteiger partial charge on any atom is 0.119 e. The van der Waals surface area contributed by atoms with Crippen LogP contribution in [-0.4, -0.2) is 60.2 Å². The van der Waals surface area contributed by atoms with Crippen LogP contribution >= 0.6 is 0 Å². The minimum Gasteiger partial charge on any atom is -0.497 e. The summed E-state index contributed by atoms with van der Waals surface area (Å²) in [6.45, 7) is 19.2. The Kier molecular flexibility index (Phi) is 22.4. The number of H-pyrrole nitrogens is 4. The van der Waals surface area contributed by atoms with Crippen LogP contribution in [0.4, 0.5) is 0 Å². The van der Waals surface area contributed by atoms with Crippen molar-refractivity contribution in [2.75, 3.05) is 20.3 Å². The van der Waals surface area contributed by atoms with Gasteiger partial charge in [0.2, 0.25) is 0 Å². The largest absolute Gasteiger partial charge is 0.497 e. The van der Waals surface area contributed by atoms with Crippen molar-refractivity contribution in [3.05, 3.63) is 308 Å². The van der Waals surface area contributed by atoms with Crippen LogP contribution in [0.2, 0.25) is 0 Å². The van der Waals surface area contributed by atoms with Gasteiger partial charge in [-0.05, 0) is 291 Å². The van der Waals surface area contributed by atoms with Crippen molar-refractivity contribution in [2.24, 2.45) is 5.92 Å². The standard InChI is InChI=1S/C111H98N8O3/c1-11-14-16-18-62-121-84-42-36-81(37-43-84)108-90-49-46-86(112-90)104(77-28-22-74(13-3)23-29-77)94-54-58-98(116-94)110(102-70(6)64-68(4)65-71(102)7)99-59-55-95(117-99)105(87-47-50-91(108)113-87)78-30-24-75(25-31-78)20-21-76-26-32-79(33-27-76)106-88-48-51-92(114-88)109(82-38-44-85(45-39-82)122-63-19-17-15-12-2)93-53-52-89(115-93)107(80-34-40-83(120-10)41-35-80)97-57-61-101(119-97)111(100-60-56-96(106)118-100)103-72(8)66-69(5)67-73(103)9/h3,22-61,64,66-68,113,115-116,118H,11-12,14-19,62-63,65H2,1-2,4-10H3. The fourth-order valence-corrected chi connectivity index (χ4v) is 18.2. The normalized spacial score (nSPS) is 13.3. The fraction of sp³-hybridized carbons (Fsp3) is 0.189. The Bertz CT molecular complexity index is 6930. The van der Waals surface area contributed by atoms with Gasteiger partial charge < -0.3 is 34.1 Å². The molecule has 0 spiro atoms. The molecule has 11 nitrogen and oxygen atoms in total. The first-order valence-electron chi connectivity index (χ1n) is 42.9. The molecule has 13 aromatic rings. The van der Waals surface area contributed by atoms with Crippen molar-refractivity contribution in [2.45, 2.75) is 113 Å². The van der Waals surface area contributed by atoms with Crippen molar-refractivity contribution >= 4 is 98.3 Å². The lowest BCUT2D eigenvalue weighted by atomic mass is 9.83. The summed E-state index contributed by atoms with van der Waals surface area (Å²) in [6, 6.07) is 72.6. The summed E-state index contributed by atoms with van der Waals surface area (Å²) in [5.74, 6) is 12.8. The quantitative estimate of drug-likeness (QED) is 0.0414. The molecule has 6 aromatic heterocycles. The molecule has 7 aromatic carbocycles. The highest BCUT2D eigenvalue weighted by atomic mass is 16.5. The Balaban J connectivity index is 0.768. The SMILES string of the molecule is C#Cc1ccc(-c2c3nc(c(-c4ccc(OCCCCCC)cc4)c4ccc([nH]4)c(-c4ccc(C#Cc5ccc(-c6c7nc(c(-c8ccc(OCCCCCC)cc8)c8ccc([nH]8)c(-c8ccc(OC)cc8)c8nc(c(-c9c(C)cc(C)cc9C)c9ccc6[nH]9)C=C8)C=C7)cc5)cc4)c4nc(c(C5=C(C)CC(C)C=C5C)c5ccc2[nH]5)C=C4)C=C3)cc1. The van der Waals surface area contributed by atoms with Crippen molar-refractivity contribution in [1.82, 2.24) is 39.9 Å². The highest BCUT2D eigenvalue weighted by Crippen LogP contribution is 2.46. The summed E-state index contributed by atoms with van der Waals surface area (Å²) in [4.78, 5) is 38.5. The van der Waals surface area contributed by atoms with Crippen molar-refractivity contribution in [3.63, 3.8) is 0 Å². The summed E-state index contributed by atoms with van der Waals surface area (Å²) in [6.07, 6.45) is 35.6. The van der Waals surface area contributed by atoms with E-state index in [1.807, 2.05) is 24.3 Å². The van der Waals surface area contributed by atoms with E-state index in [0.29, 0.717) is 19.1 Å². The first-order chi connectivity index (χ1) is 59.7. The molecule has 0 amide bonds. The maximum atomic E-state index is 6.33. The van der Waals surface area contributed by atoms with Crippen LogP contribution in [0.5, 0.6) is 17.2 Å². The predicted molar refractivity (Wildman–Crippen MR) is 510 cm³/mol. The van der Waals surface area contributed by atoms with E-state index in [1.54, 1.807) is 7.11 Å². The number of fused-ring (bicyclic) bond motifs is 16. The summed E-state index contributed by atoms with van der Waals surface area (Å²) < 4.78 is 18.3. The molecule has 4 N–H and O–H groups in total. The number of terminal acetylenes is 1. The van der Waals surface area contributed by atoms with Gasteiger partial charge in [0.15, 0.2) is 0 Å². The number of hydrogen-bond acceptors (Lipinski definition) is 7. The van der Waals surface area contributed by atoms with Crippen molar-refractivity contribution in [3.8, 4) is 119 Å². The maximum absolute atomic E-state index is 6.33. The Hall–Kier alpha value is -14.3. The molecule has 11 heteroatoms. The molecule has 18 rings (SSSR count). The smallest absolute Gasteiger partial charge is 0.119 e. The van der Waals surface area contributed by atoms with E-state index >= 15 is 0 Å². The molecule has 4 aliphatic heterocycles. The van der Waals surface area contributed by atoms with E-state index in [-0.39, 0.29) is 0 Å². The molecule has 10 heterocycles. The zero-order chi connectivity index (χ0) is 83.5. The van der Waals surface area contributed by atoms with Gasteiger partial charge in [-0.15, -0.1) is 6.42 Å². The molecule has 0 saturated carbocycles. The molecule has 600 valence electrons. The second kappa shape index (κ2) is 34.6. The Morgan fingerprint density at radius 2 is 0.639 bits per heavy atom. The summed E-state index contributed by atoms with van der Waals surface area (Å²) >= 11 is 0. The first-order valence-corrected chi connectivity index (χ1v) is 42.9. The highest BCUT2D eigenvalue weighted by molar-refractivity contribution is 6.04. The topological polar surface area (TPSA) is 142 Å². The second-order valence-corrected chi connectivity index (χ2v) is 32.7. The number of rotatable bonds is 21. The third-order valence-corrected chi connectivity index (χ3v) is 23.9. The van der Waals surface area contributed by atoms with Crippen LogP contribution < -0.4 is 14.2 Å². The Morgan fingerprint density at radius 1 is 0.344 bits per heavy atom. The molecule has 0 radical (unpaired) electrons. The molecule has 0 saturated heterocycles. The number of unbranched alkanes of at least 4 members (excludes halogenated alkanes) is 6. The van der Waals surface area contributed by atoms with Gasteiger partial charge in [-0.3, -0.25) is 0 Å². The molecular formula is C111H98N8O3. The number of allylic oxidation sites excluding steroid dienone is 4. The van der Waals surface area contributed by atoms with Gasteiger partial charge in [0.1, 0.15) is 17.2 Å². The van der Waals surface area contributed by atoms with Crippen LogP contribution in [0.15, 0.2) is 223 Å². The molecule has 1 unspecified atom stereocenters. The van der Waals surface area contributed by atoms with Gasteiger partial charge in [-0.25, -0.2) is 19.9 Å². The predicted octanol–water partition coefficient (Wildman–Crippen LogP) is 28.3. The highest BCUT2D eigenvalue weighted by Gasteiger charge is 2.27. The number of nitrogens with zero attached hydrogens (tertiary/aromatic N) is 4. The summed E-state index contributed by atoms with van der Waals surface area (Å²) in [7, 11) is 1.70. The Morgan fingerprint density at radius 3 is 0.959 bits per heavy atom. The van der Waals surface area contributed by atoms with Crippen LogP contribution in [0.3, 0.4) is 0 Å². The van der Waals surface area contributed by atoms with Gasteiger partial charge >= 0.3 is 0 Å². The van der Waals surface area contributed by atoms with E-state index < -0.39 is 0 Å². The Labute approximate surface area is 714 Å². The van der Waals surface area contributed by atoms with E-state index in [2.05, 4.69) is 330 Å². The van der Waals surface area contributed by atoms with Crippen molar-refractivity contribution in [1.29, 1.82) is 0 Å². The lowest BCUT2D eigenvalue weighted by molar-refractivity contribution is 0.305. The lowest BCUT2D eigenvalue weighted by Crippen LogP contribution is -2.05. The number of aromatic amines is 4. The molecular weight excluding hydrogens is 1490 g/mol. The number of nitrogens with one attached hydrogen (secondary N) is 4. The number of aromatic nitrogens is 8. The number of ether oxygens (including phenoxy) is 3. The zero-order valence-corrected chi connectivity index (χ0v) is 70.8. The average Bonchev–Trinajstić information content (AvgIpc) is 1.57. The number of aryl methyl sites for hydroxylation is 3. The molecule has 0 fully saturated rings. The second-order valence-electron chi connectivity index (χ2n) is 32.7. The molecule has 5 aliphatic rings. The van der Waals surface area contributed by atoms with Crippen molar-refractivity contribution < 1.29 is 14.2 Å². The minimum absolute atomic E-state index is 0.404. The first kappa shape index (κ1) is 78.9. The summed E-state index contributed by atoms with van der Waals surface area (Å²) in [5, 5.41) is 0. The number of hydrogen-bond donors (Lipinski definition) is 4. The minimum atomic E-state index is 0.404. The number of methoxy groups -OCH3 is 1. The van der Waals surface area contributed by atoms with E-state index in [4.69, 9.17) is 40.6 Å². The van der Waals surface area contributed by atoms with Gasteiger partial charge in [0.25, 0.3) is 0 Å². The van der Waals surface area contributed by atoms with Crippen LogP contribution in [0.25, 0.3) is 176 Å². The molecule has 16 bridgehead atoms. The lowest BCUT2D eigenvalue weighted by Gasteiger charge is -2.22. The van der Waals surface area contributed by atoms with Gasteiger partial charge in [-0.2, -0.15) is 0 Å². The van der Waals surface area contributed by atoms with E-state index in [1.165, 1.54) is 59.1 Å². The summed E-state index contributed by atoms with van der Waals surface area (Å²) in [5.41, 5.74) is 38.7. The van der Waals surface area contributed by atoms with Gasteiger partial charge in [0, 0.05) is 105 Å². The zero-order valence-electron chi connectivity index (χ0n) is 70.8.